The molecule has 5 nitrogen and oxygen atoms in total. The molecule has 0 amide bonds. The SMILES string of the molecule is C=C1CC[C@@H](OC(=O)[C@@](OC)(c2ccccc2)C(F)(F)F)[C@]2(C)CC/C(=C(/C)COC(=O)C(C)(C)C)C[C@@H]12. The van der Waals surface area contributed by atoms with Crippen LogP contribution in [-0.4, -0.2) is 37.9 Å². The lowest BCUT2D eigenvalue weighted by Crippen LogP contribution is -2.55. The van der Waals surface area contributed by atoms with Crippen molar-refractivity contribution in [3.8, 4) is 0 Å². The molecule has 0 aromatic heterocycles. The highest BCUT2D eigenvalue weighted by Crippen LogP contribution is 2.55. The molecule has 3 rings (SSSR count). The van der Waals surface area contributed by atoms with Crippen LogP contribution in [0.1, 0.15) is 72.3 Å². The number of carbonyl (C=O) groups excluding carboxylic acids is 2. The second-order valence-electron chi connectivity index (χ2n) is 11.8. The molecule has 0 aliphatic heterocycles. The zero-order chi connectivity index (χ0) is 28.5. The highest BCUT2D eigenvalue weighted by molar-refractivity contribution is 5.83. The van der Waals surface area contributed by atoms with E-state index in [2.05, 4.69) is 6.58 Å². The van der Waals surface area contributed by atoms with Crippen molar-refractivity contribution in [3.63, 3.8) is 0 Å². The molecule has 38 heavy (non-hydrogen) atoms. The molecular weight excluding hydrogens is 497 g/mol. The van der Waals surface area contributed by atoms with Crippen LogP contribution in [0.25, 0.3) is 0 Å². The van der Waals surface area contributed by atoms with E-state index >= 15 is 0 Å². The molecule has 210 valence electrons. The quantitative estimate of drug-likeness (QED) is 0.288. The third-order valence-corrected chi connectivity index (χ3v) is 8.23. The molecule has 0 radical (unpaired) electrons. The van der Waals surface area contributed by atoms with Crippen molar-refractivity contribution in [3.05, 3.63) is 59.2 Å². The summed E-state index contributed by atoms with van der Waals surface area (Å²) in [5, 5.41) is 0. The molecule has 4 atom stereocenters. The van der Waals surface area contributed by atoms with Crippen molar-refractivity contribution in [2.45, 2.75) is 84.6 Å². The standard InChI is InChI=1S/C30H39F3O5/c1-19-13-14-24(38-26(35)29(36-7,30(31,32)33)22-11-9-8-10-12-22)28(6)16-15-21(17-23(19)28)20(2)18-37-25(34)27(3,4)5/h8-12,23-24H,1,13-18H2,2-7H3/b21-20+/t23-,24+,28+,29-/m0/s1. The zero-order valence-electron chi connectivity index (χ0n) is 23.2. The Hall–Kier alpha value is -2.61. The highest BCUT2D eigenvalue weighted by atomic mass is 19.4. The topological polar surface area (TPSA) is 61.8 Å². The minimum Gasteiger partial charge on any atom is -0.461 e. The third-order valence-electron chi connectivity index (χ3n) is 8.23. The summed E-state index contributed by atoms with van der Waals surface area (Å²) in [4.78, 5) is 25.6. The van der Waals surface area contributed by atoms with Crippen LogP contribution in [0.4, 0.5) is 13.2 Å². The van der Waals surface area contributed by atoms with Gasteiger partial charge in [0, 0.05) is 18.1 Å². The predicted molar refractivity (Wildman–Crippen MR) is 138 cm³/mol. The second-order valence-corrected chi connectivity index (χ2v) is 11.8. The maximum Gasteiger partial charge on any atom is 0.432 e. The first kappa shape index (κ1) is 29.9. The average molecular weight is 537 g/mol. The summed E-state index contributed by atoms with van der Waals surface area (Å²) in [6, 6.07) is 6.88. The fourth-order valence-electron chi connectivity index (χ4n) is 5.67. The van der Waals surface area contributed by atoms with Gasteiger partial charge in [-0.2, -0.15) is 13.2 Å². The number of halogens is 3. The third kappa shape index (κ3) is 5.56. The second kappa shape index (κ2) is 10.9. The summed E-state index contributed by atoms with van der Waals surface area (Å²) in [6.45, 7) is 13.7. The minimum absolute atomic E-state index is 0.0781. The number of fused-ring (bicyclic) bond motifs is 1. The fraction of sp³-hybridized carbons (Fsp3) is 0.600. The van der Waals surface area contributed by atoms with Gasteiger partial charge in [0.15, 0.2) is 0 Å². The van der Waals surface area contributed by atoms with Crippen LogP contribution in [0.2, 0.25) is 0 Å². The lowest BCUT2D eigenvalue weighted by molar-refractivity contribution is -0.281. The van der Waals surface area contributed by atoms with E-state index in [0.29, 0.717) is 32.1 Å². The highest BCUT2D eigenvalue weighted by Gasteiger charge is 2.65. The molecule has 2 aliphatic carbocycles. The smallest absolute Gasteiger partial charge is 0.432 e. The Kier molecular flexibility index (Phi) is 8.56. The Morgan fingerprint density at radius 2 is 1.71 bits per heavy atom. The van der Waals surface area contributed by atoms with Crippen LogP contribution in [0.3, 0.4) is 0 Å². The first-order chi connectivity index (χ1) is 17.6. The molecule has 1 aromatic rings. The number of hydrogen-bond donors (Lipinski definition) is 0. The monoisotopic (exact) mass is 536 g/mol. The van der Waals surface area contributed by atoms with Gasteiger partial charge >= 0.3 is 18.1 Å². The molecule has 8 heteroatoms. The van der Waals surface area contributed by atoms with E-state index in [1.165, 1.54) is 24.3 Å². The summed E-state index contributed by atoms with van der Waals surface area (Å²) in [5.74, 6) is -1.81. The van der Waals surface area contributed by atoms with Gasteiger partial charge in [0.1, 0.15) is 12.7 Å². The molecule has 0 heterocycles. The number of alkyl halides is 3. The lowest BCUT2D eigenvalue weighted by atomic mass is 9.56. The summed E-state index contributed by atoms with van der Waals surface area (Å²) < 4.78 is 59.4. The van der Waals surface area contributed by atoms with Gasteiger partial charge in [-0.15, -0.1) is 0 Å². The number of hydrogen-bond acceptors (Lipinski definition) is 5. The number of carbonyl (C=O) groups is 2. The first-order valence-electron chi connectivity index (χ1n) is 13.0. The molecule has 2 aliphatic rings. The van der Waals surface area contributed by atoms with E-state index in [4.69, 9.17) is 14.2 Å². The van der Waals surface area contributed by atoms with Gasteiger partial charge in [0.05, 0.1) is 5.41 Å². The fourth-order valence-corrected chi connectivity index (χ4v) is 5.67. The minimum atomic E-state index is -5.02. The largest absolute Gasteiger partial charge is 0.461 e. The molecule has 0 saturated heterocycles. The van der Waals surface area contributed by atoms with Gasteiger partial charge < -0.3 is 14.2 Å². The van der Waals surface area contributed by atoms with E-state index < -0.39 is 34.7 Å². The maximum absolute atomic E-state index is 14.4. The van der Waals surface area contributed by atoms with Crippen molar-refractivity contribution < 1.29 is 37.0 Å². The van der Waals surface area contributed by atoms with Crippen LogP contribution >= 0.6 is 0 Å². The summed E-state index contributed by atoms with van der Waals surface area (Å²) in [6.07, 6.45) is -2.91. The van der Waals surface area contributed by atoms with E-state index in [0.717, 1.165) is 23.8 Å². The van der Waals surface area contributed by atoms with Crippen molar-refractivity contribution in [1.29, 1.82) is 0 Å². The molecule has 0 bridgehead atoms. The Balaban J connectivity index is 1.85. The van der Waals surface area contributed by atoms with E-state index in [-0.39, 0.29) is 24.1 Å². The van der Waals surface area contributed by atoms with Gasteiger partial charge in [-0.1, -0.05) is 55.0 Å². The Labute approximate surface area is 223 Å². The molecule has 0 unspecified atom stereocenters. The van der Waals surface area contributed by atoms with Gasteiger partial charge in [0.25, 0.3) is 5.60 Å². The van der Waals surface area contributed by atoms with E-state index in [1.54, 1.807) is 26.8 Å². The molecule has 1 aromatic carbocycles. The summed E-state index contributed by atoms with van der Waals surface area (Å²) >= 11 is 0. The number of allylic oxidation sites excluding steroid dienone is 2. The molecule has 0 N–H and O–H groups in total. The van der Waals surface area contributed by atoms with Gasteiger partial charge in [-0.3, -0.25) is 4.79 Å². The van der Waals surface area contributed by atoms with Gasteiger partial charge in [0.2, 0.25) is 0 Å². The number of ether oxygens (including phenoxy) is 3. The van der Waals surface area contributed by atoms with Crippen molar-refractivity contribution in [1.82, 2.24) is 0 Å². The molecular formula is C30H39F3O5. The lowest BCUT2D eigenvalue weighted by Gasteiger charge is -2.51. The van der Waals surface area contributed by atoms with E-state index in [1.807, 2.05) is 13.8 Å². The number of benzene rings is 1. The Morgan fingerprint density at radius 3 is 2.26 bits per heavy atom. The number of esters is 2. The van der Waals surface area contributed by atoms with Crippen molar-refractivity contribution >= 4 is 11.9 Å². The number of methoxy groups -OCH3 is 1. The first-order valence-corrected chi connectivity index (χ1v) is 13.0. The van der Waals surface area contributed by atoms with Crippen LogP contribution in [0.15, 0.2) is 53.6 Å². The molecule has 2 saturated carbocycles. The van der Waals surface area contributed by atoms with Crippen molar-refractivity contribution in [2.75, 3.05) is 13.7 Å². The van der Waals surface area contributed by atoms with Crippen LogP contribution in [0.5, 0.6) is 0 Å². The van der Waals surface area contributed by atoms with Crippen LogP contribution in [-0.2, 0) is 29.4 Å². The summed E-state index contributed by atoms with van der Waals surface area (Å²) in [5.41, 5.74) is -1.62. The predicted octanol–water partition coefficient (Wildman–Crippen LogP) is 7.06. The van der Waals surface area contributed by atoms with E-state index in [9.17, 15) is 22.8 Å². The molecule has 0 spiro atoms. The summed E-state index contributed by atoms with van der Waals surface area (Å²) in [7, 11) is 0.877. The Morgan fingerprint density at radius 1 is 1.08 bits per heavy atom. The number of rotatable bonds is 6. The van der Waals surface area contributed by atoms with Crippen LogP contribution in [0, 0.1) is 16.7 Å². The van der Waals surface area contributed by atoms with Crippen molar-refractivity contribution in [2.24, 2.45) is 16.7 Å². The molecule has 2 fully saturated rings. The Bertz CT molecular complexity index is 1090. The maximum atomic E-state index is 14.4. The van der Waals surface area contributed by atoms with Gasteiger partial charge in [-0.25, -0.2) is 4.79 Å². The normalized spacial score (nSPS) is 27.1. The van der Waals surface area contributed by atoms with Crippen LogP contribution < -0.4 is 0 Å². The average Bonchev–Trinajstić information content (AvgIpc) is 2.84. The van der Waals surface area contributed by atoms with Gasteiger partial charge in [-0.05, 0) is 71.3 Å². The zero-order valence-corrected chi connectivity index (χ0v) is 23.2.